The summed E-state index contributed by atoms with van der Waals surface area (Å²) in [5.41, 5.74) is 3.90. The lowest BCUT2D eigenvalue weighted by Crippen LogP contribution is -2.28. The average Bonchev–Trinajstić information content (AvgIpc) is 3.70. The van der Waals surface area contributed by atoms with Crippen molar-refractivity contribution < 1.29 is 18.7 Å². The number of nitrogens with one attached hydrogen (secondary N) is 3. The lowest BCUT2D eigenvalue weighted by molar-refractivity contribution is 0.0953. The van der Waals surface area contributed by atoms with E-state index in [2.05, 4.69) is 28.5 Å². The summed E-state index contributed by atoms with van der Waals surface area (Å²) in [6, 6.07) is 14.0. The number of nitrogens with zero attached hydrogens (tertiary/aromatic N) is 1. The van der Waals surface area contributed by atoms with Gasteiger partial charge in [0.1, 0.15) is 23.9 Å². The molecule has 2 aliphatic heterocycles. The van der Waals surface area contributed by atoms with Gasteiger partial charge in [0.2, 0.25) is 6.35 Å². The Kier molecular flexibility index (Phi) is 6.47. The SMILES string of the molecule is C[P+]1(NCC2CC2)COc2c1cc(CCNC(=O)c1ccc3c(c1)OCCN3)nc2-c1ccc(F)cc1. The van der Waals surface area contributed by atoms with Gasteiger partial charge in [0.15, 0.2) is 18.5 Å². The Balaban J connectivity index is 1.22. The second kappa shape index (κ2) is 9.92. The summed E-state index contributed by atoms with van der Waals surface area (Å²) >= 11 is 0. The van der Waals surface area contributed by atoms with Gasteiger partial charge in [-0.3, -0.25) is 4.79 Å². The maximum Gasteiger partial charge on any atom is 0.251 e. The molecule has 2 aromatic carbocycles. The van der Waals surface area contributed by atoms with Gasteiger partial charge in [-0.05, 0) is 61.2 Å². The van der Waals surface area contributed by atoms with Gasteiger partial charge in [-0.2, -0.15) is 5.09 Å². The second-order valence-corrected chi connectivity index (χ2v) is 13.5. The monoisotopic (exact) mass is 521 g/mol. The number of rotatable bonds is 8. The minimum Gasteiger partial charge on any atom is -0.490 e. The van der Waals surface area contributed by atoms with Crippen molar-refractivity contribution in [2.45, 2.75) is 19.3 Å². The number of hydrogen-bond donors (Lipinski definition) is 3. The van der Waals surface area contributed by atoms with Crippen molar-refractivity contribution in [3.63, 3.8) is 0 Å². The predicted molar refractivity (Wildman–Crippen MR) is 145 cm³/mol. The third kappa shape index (κ3) is 5.13. The molecule has 3 aliphatic rings. The van der Waals surface area contributed by atoms with Crippen LogP contribution in [0, 0.1) is 11.7 Å². The van der Waals surface area contributed by atoms with Crippen LogP contribution in [0.5, 0.6) is 11.5 Å². The molecule has 1 aliphatic carbocycles. The van der Waals surface area contributed by atoms with E-state index in [9.17, 15) is 9.18 Å². The predicted octanol–water partition coefficient (Wildman–Crippen LogP) is 4.20. The summed E-state index contributed by atoms with van der Waals surface area (Å²) in [4.78, 5) is 17.7. The van der Waals surface area contributed by atoms with Gasteiger partial charge in [0, 0.05) is 48.9 Å². The maximum atomic E-state index is 13.6. The van der Waals surface area contributed by atoms with Gasteiger partial charge in [-0.25, -0.2) is 9.37 Å². The van der Waals surface area contributed by atoms with E-state index in [1.807, 2.05) is 6.07 Å². The van der Waals surface area contributed by atoms with Crippen LogP contribution in [0.4, 0.5) is 10.1 Å². The molecular weight excluding hydrogens is 490 g/mol. The fourth-order valence-corrected chi connectivity index (χ4v) is 7.24. The van der Waals surface area contributed by atoms with Crippen LogP contribution in [-0.4, -0.2) is 50.1 Å². The van der Waals surface area contributed by atoms with Crippen LogP contribution < -0.4 is 30.5 Å². The zero-order valence-electron chi connectivity index (χ0n) is 20.9. The standard InChI is InChI=1S/C28H30FN4O3P/c1-37(32-16-18-2-3-18)17-36-27-25(37)15-22(33-26(27)19-4-7-21(29)8-5-19)10-11-31-28(34)20-6-9-23-24(14-20)35-13-12-30-23/h4-9,14-15,18,32H,2-3,10-13,16-17H2,1H3,(H-,30,31,34)/p+1. The zero-order valence-corrected chi connectivity index (χ0v) is 21.7. The molecule has 0 radical (unpaired) electrons. The number of hydrogen-bond acceptors (Lipinski definition) is 6. The molecule has 0 spiro atoms. The molecule has 37 heavy (non-hydrogen) atoms. The van der Waals surface area contributed by atoms with E-state index in [0.29, 0.717) is 37.2 Å². The average molecular weight is 522 g/mol. The van der Waals surface area contributed by atoms with E-state index in [1.165, 1.54) is 30.3 Å². The number of ether oxygens (including phenoxy) is 2. The topological polar surface area (TPSA) is 84.5 Å². The molecule has 1 amide bonds. The first-order valence-electron chi connectivity index (χ1n) is 12.8. The molecule has 1 saturated carbocycles. The Bertz CT molecular complexity index is 1330. The number of fused-ring (bicyclic) bond motifs is 2. The number of aromatic nitrogens is 1. The molecular formula is C28H31FN4O3P+. The van der Waals surface area contributed by atoms with E-state index in [4.69, 9.17) is 14.5 Å². The zero-order chi connectivity index (χ0) is 25.4. The third-order valence-corrected chi connectivity index (χ3v) is 10.1. The molecule has 3 aromatic rings. The second-order valence-electron chi connectivity index (χ2n) is 10.1. The van der Waals surface area contributed by atoms with Crippen LogP contribution in [0.1, 0.15) is 28.9 Å². The molecule has 192 valence electrons. The molecule has 6 rings (SSSR count). The number of carbonyl (C=O) groups is 1. The van der Waals surface area contributed by atoms with Crippen LogP contribution in [0.25, 0.3) is 11.3 Å². The maximum absolute atomic E-state index is 13.6. The molecule has 1 aromatic heterocycles. The largest absolute Gasteiger partial charge is 0.490 e. The quantitative estimate of drug-likeness (QED) is 0.386. The smallest absolute Gasteiger partial charge is 0.251 e. The molecule has 0 saturated heterocycles. The molecule has 3 N–H and O–H groups in total. The molecule has 3 heterocycles. The highest BCUT2D eigenvalue weighted by Crippen LogP contribution is 2.58. The summed E-state index contributed by atoms with van der Waals surface area (Å²) < 4.78 is 25.5. The lowest BCUT2D eigenvalue weighted by atomic mass is 10.1. The number of carbonyl (C=O) groups excluding carboxylic acids is 1. The van der Waals surface area contributed by atoms with Crippen LogP contribution in [-0.2, 0) is 6.42 Å². The Morgan fingerprint density at radius 3 is 2.81 bits per heavy atom. The van der Waals surface area contributed by atoms with Crippen molar-refractivity contribution in [2.24, 2.45) is 5.92 Å². The minimum atomic E-state index is -1.71. The number of benzene rings is 2. The van der Waals surface area contributed by atoms with Crippen LogP contribution >= 0.6 is 7.41 Å². The first-order valence-corrected chi connectivity index (χ1v) is 15.2. The lowest BCUT2D eigenvalue weighted by Gasteiger charge is -2.19. The first-order chi connectivity index (χ1) is 18.0. The third-order valence-electron chi connectivity index (χ3n) is 7.13. The van der Waals surface area contributed by atoms with E-state index in [1.54, 1.807) is 24.3 Å². The molecule has 1 atom stereocenters. The van der Waals surface area contributed by atoms with E-state index < -0.39 is 7.41 Å². The van der Waals surface area contributed by atoms with Crippen molar-refractivity contribution in [3.05, 3.63) is 65.6 Å². The van der Waals surface area contributed by atoms with Crippen molar-refractivity contribution in [1.82, 2.24) is 15.4 Å². The molecule has 7 nitrogen and oxygen atoms in total. The summed E-state index contributed by atoms with van der Waals surface area (Å²) in [6.07, 6.45) is 3.77. The van der Waals surface area contributed by atoms with Gasteiger partial charge in [0.05, 0.1) is 12.4 Å². The summed E-state index contributed by atoms with van der Waals surface area (Å²) in [6.45, 7) is 5.06. The minimum absolute atomic E-state index is 0.149. The Labute approximate surface area is 216 Å². The summed E-state index contributed by atoms with van der Waals surface area (Å²) in [5, 5.41) is 11.3. The van der Waals surface area contributed by atoms with E-state index in [0.717, 1.165) is 47.4 Å². The molecule has 1 unspecified atom stereocenters. The number of halogens is 1. The normalized spacial score (nSPS) is 19.7. The van der Waals surface area contributed by atoms with Gasteiger partial charge in [-0.15, -0.1) is 0 Å². The van der Waals surface area contributed by atoms with Gasteiger partial charge in [-0.1, -0.05) is 0 Å². The Hall–Kier alpha value is -3.22. The highest BCUT2D eigenvalue weighted by Gasteiger charge is 2.47. The van der Waals surface area contributed by atoms with Crippen molar-refractivity contribution >= 4 is 24.3 Å². The van der Waals surface area contributed by atoms with Gasteiger partial charge < -0.3 is 20.1 Å². The van der Waals surface area contributed by atoms with Crippen LogP contribution in [0.3, 0.4) is 0 Å². The van der Waals surface area contributed by atoms with E-state index in [-0.39, 0.29) is 11.7 Å². The van der Waals surface area contributed by atoms with Gasteiger partial charge in [0.25, 0.3) is 5.91 Å². The first kappa shape index (κ1) is 24.1. The van der Waals surface area contributed by atoms with Crippen LogP contribution in [0.2, 0.25) is 0 Å². The molecule has 9 heteroatoms. The van der Waals surface area contributed by atoms with Crippen molar-refractivity contribution in [2.75, 3.05) is 44.6 Å². The Morgan fingerprint density at radius 1 is 1.16 bits per heavy atom. The number of anilines is 1. The summed E-state index contributed by atoms with van der Waals surface area (Å²) in [7, 11) is -1.71. The fourth-order valence-electron chi connectivity index (χ4n) is 4.74. The summed E-state index contributed by atoms with van der Waals surface area (Å²) in [5.74, 6) is 1.82. The van der Waals surface area contributed by atoms with Gasteiger partial charge >= 0.3 is 0 Å². The Morgan fingerprint density at radius 2 is 2.00 bits per heavy atom. The van der Waals surface area contributed by atoms with Crippen molar-refractivity contribution in [1.29, 1.82) is 0 Å². The number of amides is 1. The molecule has 0 bridgehead atoms. The van der Waals surface area contributed by atoms with Crippen LogP contribution in [0.15, 0.2) is 48.5 Å². The highest BCUT2D eigenvalue weighted by atomic mass is 31.2. The highest BCUT2D eigenvalue weighted by molar-refractivity contribution is 7.80. The fraction of sp³-hybridized carbons (Fsp3) is 0.357. The van der Waals surface area contributed by atoms with Crippen molar-refractivity contribution in [3.8, 4) is 22.8 Å². The number of pyridine rings is 1. The molecule has 1 fully saturated rings. The van der Waals surface area contributed by atoms with E-state index >= 15 is 0 Å².